The van der Waals surface area contributed by atoms with Crippen LogP contribution in [0.2, 0.25) is 0 Å². The maximum absolute atomic E-state index is 12.2. The summed E-state index contributed by atoms with van der Waals surface area (Å²) in [7, 11) is 1.71. The lowest BCUT2D eigenvalue weighted by Gasteiger charge is -2.44. The van der Waals surface area contributed by atoms with Crippen LogP contribution >= 0.6 is 23.1 Å². The van der Waals surface area contributed by atoms with E-state index in [1.54, 1.807) is 24.2 Å². The predicted octanol–water partition coefficient (Wildman–Crippen LogP) is 1.21. The highest BCUT2D eigenvalue weighted by Gasteiger charge is 2.49. The molecule has 11 heteroatoms. The Morgan fingerprint density at radius 1 is 1.54 bits per heavy atom. The van der Waals surface area contributed by atoms with Crippen LogP contribution in [0.25, 0.3) is 0 Å². The molecule has 2 aliphatic rings. The highest BCUT2D eigenvalue weighted by atomic mass is 32.2. The van der Waals surface area contributed by atoms with E-state index in [0.717, 1.165) is 17.2 Å². The van der Waals surface area contributed by atoms with Gasteiger partial charge in [-0.3, -0.25) is 9.48 Å². The van der Waals surface area contributed by atoms with Crippen molar-refractivity contribution in [2.24, 2.45) is 23.7 Å². The third kappa shape index (κ3) is 3.10. The molecular weight excluding hydrogens is 374 g/mol. The van der Waals surface area contributed by atoms with Gasteiger partial charge in [-0.15, -0.1) is 16.4 Å². The number of nitrogens with two attached hydrogens (primary N) is 1. The van der Waals surface area contributed by atoms with Crippen LogP contribution in [-0.2, 0) is 17.3 Å². The molecule has 0 aromatic carbocycles. The van der Waals surface area contributed by atoms with Gasteiger partial charge < -0.3 is 15.8 Å². The molecule has 9 nitrogen and oxygen atoms in total. The third-order valence-corrected chi connectivity index (χ3v) is 6.51. The van der Waals surface area contributed by atoms with Crippen molar-refractivity contribution < 1.29 is 9.53 Å². The number of aliphatic imine (C=N–C) groups is 1. The maximum Gasteiger partial charge on any atom is 0.296 e. The molecule has 2 aromatic rings. The second-order valence-electron chi connectivity index (χ2n) is 6.47. The summed E-state index contributed by atoms with van der Waals surface area (Å²) in [5, 5.41) is 9.89. The van der Waals surface area contributed by atoms with E-state index < -0.39 is 11.4 Å². The van der Waals surface area contributed by atoms with Gasteiger partial charge in [-0.1, -0.05) is 11.8 Å². The molecule has 2 aromatic heterocycles. The van der Waals surface area contributed by atoms with Gasteiger partial charge in [0.25, 0.3) is 5.91 Å². The van der Waals surface area contributed by atoms with Gasteiger partial charge in [0.1, 0.15) is 22.7 Å². The van der Waals surface area contributed by atoms with Crippen LogP contribution in [0.1, 0.15) is 29.0 Å². The summed E-state index contributed by atoms with van der Waals surface area (Å²) in [6.07, 6.45) is 2.57. The van der Waals surface area contributed by atoms with Gasteiger partial charge in [-0.2, -0.15) is 0 Å². The van der Waals surface area contributed by atoms with Gasteiger partial charge in [0, 0.05) is 24.1 Å². The number of thioether (sulfide) groups is 1. The lowest BCUT2D eigenvalue weighted by Crippen LogP contribution is -2.49. The second-order valence-corrected chi connectivity index (χ2v) is 8.37. The van der Waals surface area contributed by atoms with Gasteiger partial charge in [0.05, 0.1) is 12.7 Å². The van der Waals surface area contributed by atoms with Gasteiger partial charge >= 0.3 is 0 Å². The number of carbonyl (C=O) groups is 1. The number of fused-ring (bicyclic) bond motifs is 1. The Bertz CT molecular complexity index is 864. The van der Waals surface area contributed by atoms with Crippen LogP contribution in [0.15, 0.2) is 16.7 Å². The zero-order valence-electron chi connectivity index (χ0n) is 14.4. The van der Waals surface area contributed by atoms with E-state index in [2.05, 4.69) is 27.3 Å². The highest BCUT2D eigenvalue weighted by Crippen LogP contribution is 2.46. The topological polar surface area (TPSA) is 120 Å². The fourth-order valence-corrected chi connectivity index (χ4v) is 5.20. The van der Waals surface area contributed by atoms with E-state index in [9.17, 15) is 4.79 Å². The fourth-order valence-electron chi connectivity index (χ4n) is 3.22. The maximum atomic E-state index is 12.2. The van der Waals surface area contributed by atoms with Crippen molar-refractivity contribution in [1.29, 1.82) is 0 Å². The van der Waals surface area contributed by atoms with E-state index >= 15 is 0 Å². The molecule has 2 aliphatic heterocycles. The van der Waals surface area contributed by atoms with Crippen molar-refractivity contribution in [1.82, 2.24) is 19.7 Å². The van der Waals surface area contributed by atoms with Crippen LogP contribution in [0.5, 0.6) is 0 Å². The number of hydrogen-bond acceptors (Lipinski definition) is 9. The molecule has 0 saturated carbocycles. The number of rotatable bonds is 3. The molecule has 3 atom stereocenters. The molecule has 1 unspecified atom stereocenters. The molecule has 4 rings (SSSR count). The number of aryl methyl sites for hydroxylation is 1. The van der Waals surface area contributed by atoms with Crippen LogP contribution in [0.3, 0.4) is 0 Å². The van der Waals surface area contributed by atoms with Crippen LogP contribution < -0.4 is 11.1 Å². The number of thiazole rings is 1. The minimum Gasteiger partial charge on any atom is -0.379 e. The Kier molecular flexibility index (Phi) is 4.45. The number of nitrogens with zero attached hydrogens (tertiary/aromatic N) is 5. The van der Waals surface area contributed by atoms with Gasteiger partial charge in [0.15, 0.2) is 5.17 Å². The first-order chi connectivity index (χ1) is 12.5. The molecule has 0 spiro atoms. The highest BCUT2D eigenvalue weighted by molar-refractivity contribution is 8.13. The lowest BCUT2D eigenvalue weighted by atomic mass is 9.80. The number of amides is 1. The molecule has 1 fully saturated rings. The summed E-state index contributed by atoms with van der Waals surface area (Å²) in [6.45, 7) is 2.52. The van der Waals surface area contributed by atoms with Crippen molar-refractivity contribution in [3.8, 4) is 0 Å². The number of ether oxygens (including phenoxy) is 1. The Hall–Kier alpha value is -1.98. The molecule has 4 heterocycles. The standard InChI is InChI=1S/C15H19N7O2S2/c1-8-3-9-4-26-14(16)20-15(9,6-24-8)13-19-10(5-25-13)18-12(23)11-17-7-22(2)21-11/h5,7-9H,3-4,6H2,1-2H3,(H2,16,20)(H,18,23)/t8-,9-,15?/m0/s1. The molecule has 1 saturated heterocycles. The van der Waals surface area contributed by atoms with E-state index in [0.29, 0.717) is 23.5 Å². The van der Waals surface area contributed by atoms with E-state index in [1.165, 1.54) is 22.3 Å². The van der Waals surface area contributed by atoms with Gasteiger partial charge in [-0.05, 0) is 13.3 Å². The molecule has 26 heavy (non-hydrogen) atoms. The van der Waals surface area contributed by atoms with Crippen molar-refractivity contribution in [2.45, 2.75) is 25.0 Å². The summed E-state index contributed by atoms with van der Waals surface area (Å²) in [5.41, 5.74) is 5.44. The number of carbonyl (C=O) groups excluding carboxylic acids is 1. The van der Waals surface area contributed by atoms with Crippen molar-refractivity contribution in [2.75, 3.05) is 17.7 Å². The average Bonchev–Trinajstić information content (AvgIpc) is 3.24. The molecular formula is C15H19N7O2S2. The largest absolute Gasteiger partial charge is 0.379 e. The van der Waals surface area contributed by atoms with E-state index in [1.807, 2.05) is 0 Å². The number of hydrogen-bond donors (Lipinski definition) is 2. The molecule has 0 aliphatic carbocycles. The fraction of sp³-hybridized carbons (Fsp3) is 0.533. The van der Waals surface area contributed by atoms with Gasteiger partial charge in [-0.25, -0.2) is 15.0 Å². The molecule has 138 valence electrons. The van der Waals surface area contributed by atoms with E-state index in [-0.39, 0.29) is 11.9 Å². The first-order valence-electron chi connectivity index (χ1n) is 8.19. The summed E-state index contributed by atoms with van der Waals surface area (Å²) < 4.78 is 7.38. The van der Waals surface area contributed by atoms with E-state index in [4.69, 9.17) is 15.5 Å². The van der Waals surface area contributed by atoms with Gasteiger partial charge in [0.2, 0.25) is 5.82 Å². The van der Waals surface area contributed by atoms with Crippen LogP contribution in [0, 0.1) is 5.92 Å². The first kappa shape index (κ1) is 17.4. The zero-order chi connectivity index (χ0) is 18.3. The number of anilines is 1. The Morgan fingerprint density at radius 3 is 3.15 bits per heavy atom. The third-order valence-electron chi connectivity index (χ3n) is 4.54. The quantitative estimate of drug-likeness (QED) is 0.804. The Labute approximate surface area is 158 Å². The SMILES string of the molecule is C[C@H]1C[C@H]2CSC(N)=NC2(c2nc(NC(=O)c3ncn(C)n3)cs2)CO1. The number of aromatic nitrogens is 4. The normalized spacial score (nSPS) is 28.3. The molecule has 1 amide bonds. The zero-order valence-corrected chi connectivity index (χ0v) is 16.0. The van der Waals surface area contributed by atoms with Crippen LogP contribution in [0.4, 0.5) is 5.82 Å². The molecule has 3 N–H and O–H groups in total. The minimum absolute atomic E-state index is 0.101. The van der Waals surface area contributed by atoms with Crippen molar-refractivity contribution in [3.05, 3.63) is 22.5 Å². The molecule has 0 bridgehead atoms. The summed E-state index contributed by atoms with van der Waals surface area (Å²) in [6, 6.07) is 0. The predicted molar refractivity (Wildman–Crippen MR) is 100 cm³/mol. The van der Waals surface area contributed by atoms with Crippen LogP contribution in [-0.4, -0.2) is 49.3 Å². The van der Waals surface area contributed by atoms with Crippen molar-refractivity contribution in [3.63, 3.8) is 0 Å². The monoisotopic (exact) mass is 393 g/mol. The summed E-state index contributed by atoms with van der Waals surface area (Å²) >= 11 is 3.03. The van der Waals surface area contributed by atoms with Crippen molar-refractivity contribution >= 4 is 40.0 Å². The Morgan fingerprint density at radius 2 is 2.38 bits per heavy atom. The smallest absolute Gasteiger partial charge is 0.296 e. The number of nitrogens with one attached hydrogen (secondary N) is 1. The lowest BCUT2D eigenvalue weighted by molar-refractivity contribution is -0.0466. The summed E-state index contributed by atoms with van der Waals surface area (Å²) in [4.78, 5) is 25.5. The average molecular weight is 393 g/mol. The second kappa shape index (κ2) is 6.63. The minimum atomic E-state index is -0.571. The Balaban J connectivity index is 1.59. The first-order valence-corrected chi connectivity index (χ1v) is 10.1. The molecule has 0 radical (unpaired) electrons. The summed E-state index contributed by atoms with van der Waals surface area (Å²) in [5.74, 6) is 1.36. The number of amidine groups is 1.